The topological polar surface area (TPSA) is 373 Å². The summed E-state index contributed by atoms with van der Waals surface area (Å²) in [5.41, 5.74) is 0. The number of ether oxygens (including phenoxy) is 6. The summed E-state index contributed by atoms with van der Waals surface area (Å²) >= 11 is 0. The maximum atomic E-state index is 13.5. The van der Waals surface area contributed by atoms with E-state index in [1.807, 2.05) is 6.08 Å². The van der Waals surface area contributed by atoms with Gasteiger partial charge in [0, 0.05) is 19.8 Å². The molecule has 14 N–H and O–H groups in total. The van der Waals surface area contributed by atoms with Crippen molar-refractivity contribution < 1.29 is 104 Å². The SMILES string of the molecule is CCCCCCCCCCC/C=C\CCCCCCCCCC(=O)NC(COC1OC(CO)C(OC2OC(CO)C(O)C(OC3(C(=O)O)CC(O)C(NC(C)=O)C(C(O)C(O)CO)O3)C2O)C(O)C1O)C(O)/C=C/CCCCCCCCCCCCCCCCCCCCC. The van der Waals surface area contributed by atoms with Crippen molar-refractivity contribution in [1.82, 2.24) is 10.6 Å². The molecule has 18 atom stereocenters. The Kier molecular flexibility index (Phi) is 47.5. The van der Waals surface area contributed by atoms with Gasteiger partial charge in [-0.15, -0.1) is 0 Å². The number of carbonyl (C=O) groups is 3. The van der Waals surface area contributed by atoms with Gasteiger partial charge >= 0.3 is 5.97 Å². The van der Waals surface area contributed by atoms with Gasteiger partial charge in [0.15, 0.2) is 12.6 Å². The fourth-order valence-corrected chi connectivity index (χ4v) is 12.9. The van der Waals surface area contributed by atoms with Crippen molar-refractivity contribution in [1.29, 1.82) is 0 Å². The average molecular weight is 1360 g/mol. The third-order valence-electron chi connectivity index (χ3n) is 18.9. The van der Waals surface area contributed by atoms with Crippen molar-refractivity contribution in [2.75, 3.05) is 26.4 Å². The standard InChI is InChI=1S/C72H132N2O21/c1-4-6-8-10-12-14-16-18-20-22-24-26-27-29-31-33-35-37-39-41-43-45-54(79)53(74-59(82)46-44-42-40-38-36-34-32-30-28-25-23-21-19-17-15-13-11-9-7-5-2)51-90-69-64(86)63(85)66(58(50-77)92-69)93-70-65(87)68(62(84)57(49-76)91-70)95-72(71(88)89)47-55(80)60(73-52(3)78)67(94-72)61(83)56(81)48-75/h25,28,43,45,53-58,60-70,75-77,79-81,83-87H,4-24,26-27,29-42,44,46-51H2,1-3H3,(H,73,78)(H,74,82)(H,88,89)/b28-25-,45-43+. The molecule has 23 nitrogen and oxygen atoms in total. The molecule has 3 aliphatic heterocycles. The van der Waals surface area contributed by atoms with Crippen LogP contribution in [0.5, 0.6) is 0 Å². The van der Waals surface area contributed by atoms with E-state index < -0.39 is 155 Å². The van der Waals surface area contributed by atoms with Crippen molar-refractivity contribution >= 4 is 17.8 Å². The van der Waals surface area contributed by atoms with Crippen LogP contribution in [0.1, 0.15) is 278 Å². The van der Waals surface area contributed by atoms with Gasteiger partial charge in [-0.25, -0.2) is 4.79 Å². The normalized spacial score (nSPS) is 27.8. The average Bonchev–Trinajstić information content (AvgIpc) is 0.757. The van der Waals surface area contributed by atoms with Gasteiger partial charge in [-0.3, -0.25) is 9.59 Å². The van der Waals surface area contributed by atoms with Crippen molar-refractivity contribution in [3.63, 3.8) is 0 Å². The highest BCUT2D eigenvalue weighted by Crippen LogP contribution is 2.39. The zero-order valence-electron chi connectivity index (χ0n) is 58.3. The molecule has 0 spiro atoms. The molecular weight excluding hydrogens is 1230 g/mol. The molecule has 0 saturated carbocycles. The van der Waals surface area contributed by atoms with Crippen LogP contribution in [0, 0.1) is 0 Å². The second kappa shape index (κ2) is 52.2. The Hall–Kier alpha value is -2.79. The van der Waals surface area contributed by atoms with E-state index in [0.717, 1.165) is 77.6 Å². The summed E-state index contributed by atoms with van der Waals surface area (Å²) in [6.45, 7) is 2.16. The molecule has 3 aliphatic rings. The van der Waals surface area contributed by atoms with Gasteiger partial charge in [0.05, 0.1) is 50.7 Å². The number of carbonyl (C=O) groups excluding carboxylic acids is 2. The van der Waals surface area contributed by atoms with Crippen LogP contribution in [0.3, 0.4) is 0 Å². The second-order valence-electron chi connectivity index (χ2n) is 27.2. The Morgan fingerprint density at radius 2 is 0.989 bits per heavy atom. The molecule has 3 heterocycles. The maximum Gasteiger partial charge on any atom is 0.364 e. The Bertz CT molecular complexity index is 2010. The molecular formula is C72H132N2O21. The lowest BCUT2D eigenvalue weighted by Crippen LogP contribution is -2.70. The molecule has 3 rings (SSSR count). The second-order valence-corrected chi connectivity index (χ2v) is 27.2. The summed E-state index contributed by atoms with van der Waals surface area (Å²) in [6, 6.07) is -2.62. The Morgan fingerprint density at radius 3 is 1.43 bits per heavy atom. The molecule has 0 bridgehead atoms. The van der Waals surface area contributed by atoms with E-state index in [9.17, 15) is 75.7 Å². The lowest BCUT2D eigenvalue weighted by Gasteiger charge is -2.50. The van der Waals surface area contributed by atoms with Crippen molar-refractivity contribution in [3.05, 3.63) is 24.3 Å². The fraction of sp³-hybridized carbons (Fsp3) is 0.903. The van der Waals surface area contributed by atoms with Crippen molar-refractivity contribution in [2.45, 2.75) is 387 Å². The summed E-state index contributed by atoms with van der Waals surface area (Å²) < 4.78 is 34.8. The number of unbranched alkanes of at least 4 members (excludes halogenated alkanes) is 35. The molecule has 95 heavy (non-hydrogen) atoms. The Labute approximate surface area is 568 Å². The zero-order valence-corrected chi connectivity index (χ0v) is 58.3. The molecule has 0 aromatic carbocycles. The minimum Gasteiger partial charge on any atom is -0.477 e. The highest BCUT2D eigenvalue weighted by Gasteiger charge is 2.60. The first kappa shape index (κ1) is 86.4. The van der Waals surface area contributed by atoms with E-state index in [1.165, 1.54) is 161 Å². The fourth-order valence-electron chi connectivity index (χ4n) is 12.9. The van der Waals surface area contributed by atoms with Crippen LogP contribution >= 0.6 is 0 Å². The number of carboxylic acid groups (broad SMARTS) is 1. The summed E-state index contributed by atoms with van der Waals surface area (Å²) in [5, 5.41) is 136. The Balaban J connectivity index is 1.58. The third kappa shape index (κ3) is 34.0. The lowest BCUT2D eigenvalue weighted by atomic mass is 9.88. The van der Waals surface area contributed by atoms with E-state index in [4.69, 9.17) is 28.4 Å². The van der Waals surface area contributed by atoms with Crippen LogP contribution < -0.4 is 10.6 Å². The minimum absolute atomic E-state index is 0.196. The van der Waals surface area contributed by atoms with Gasteiger partial charge in [0.1, 0.15) is 67.1 Å². The van der Waals surface area contributed by atoms with Gasteiger partial charge in [-0.1, -0.05) is 237 Å². The van der Waals surface area contributed by atoms with Gasteiger partial charge in [-0.05, 0) is 44.9 Å². The lowest BCUT2D eigenvalue weighted by molar-refractivity contribution is -0.386. The number of allylic oxidation sites excluding steroid dienone is 3. The molecule has 0 aliphatic carbocycles. The summed E-state index contributed by atoms with van der Waals surface area (Å²) in [5.74, 6) is -6.14. The number of hydrogen-bond acceptors (Lipinski definition) is 20. The van der Waals surface area contributed by atoms with Gasteiger partial charge in [0.25, 0.3) is 5.79 Å². The number of aliphatic carboxylic acids is 1. The first-order valence-electron chi connectivity index (χ1n) is 37.2. The van der Waals surface area contributed by atoms with Gasteiger partial charge in [-0.2, -0.15) is 0 Å². The number of aliphatic hydroxyl groups excluding tert-OH is 11. The zero-order chi connectivity index (χ0) is 69.6. The number of aliphatic hydroxyl groups is 11. The summed E-state index contributed by atoms with van der Waals surface area (Å²) in [4.78, 5) is 38.6. The van der Waals surface area contributed by atoms with Crippen LogP contribution in [0.15, 0.2) is 24.3 Å². The summed E-state index contributed by atoms with van der Waals surface area (Å²) in [7, 11) is 0. The Morgan fingerprint density at radius 1 is 0.547 bits per heavy atom. The van der Waals surface area contributed by atoms with E-state index in [0.29, 0.717) is 12.8 Å². The summed E-state index contributed by atoms with van der Waals surface area (Å²) in [6.07, 6.45) is 24.9. The van der Waals surface area contributed by atoms with Gasteiger partial charge < -0.3 is 100 Å². The monoisotopic (exact) mass is 1360 g/mol. The number of carboxylic acids is 1. The first-order valence-corrected chi connectivity index (χ1v) is 37.2. The predicted octanol–water partition coefficient (Wildman–Crippen LogP) is 8.01. The molecule has 23 heteroatoms. The quantitative estimate of drug-likeness (QED) is 0.0202. The minimum atomic E-state index is -3.08. The van der Waals surface area contributed by atoms with E-state index in [2.05, 4.69) is 36.6 Å². The van der Waals surface area contributed by atoms with Crippen LogP contribution in [-0.4, -0.2) is 215 Å². The molecule has 3 saturated heterocycles. The molecule has 0 radical (unpaired) electrons. The van der Waals surface area contributed by atoms with Crippen molar-refractivity contribution in [3.8, 4) is 0 Å². The van der Waals surface area contributed by atoms with Crippen LogP contribution in [0.2, 0.25) is 0 Å². The third-order valence-corrected chi connectivity index (χ3v) is 18.9. The predicted molar refractivity (Wildman–Crippen MR) is 361 cm³/mol. The molecule has 3 fully saturated rings. The largest absolute Gasteiger partial charge is 0.477 e. The van der Waals surface area contributed by atoms with Crippen LogP contribution in [0.25, 0.3) is 0 Å². The number of amides is 2. The smallest absolute Gasteiger partial charge is 0.364 e. The molecule has 0 aromatic heterocycles. The van der Waals surface area contributed by atoms with E-state index in [-0.39, 0.29) is 12.3 Å². The number of hydrogen-bond donors (Lipinski definition) is 14. The molecule has 0 aromatic rings. The maximum absolute atomic E-state index is 13.5. The highest BCUT2D eigenvalue weighted by molar-refractivity contribution is 5.77. The van der Waals surface area contributed by atoms with Crippen LogP contribution in [-0.2, 0) is 42.8 Å². The van der Waals surface area contributed by atoms with Crippen molar-refractivity contribution in [2.24, 2.45) is 0 Å². The highest BCUT2D eigenvalue weighted by atomic mass is 16.8. The number of rotatable bonds is 57. The van der Waals surface area contributed by atoms with Crippen LogP contribution in [0.4, 0.5) is 0 Å². The first-order chi connectivity index (χ1) is 45.9. The van der Waals surface area contributed by atoms with E-state index >= 15 is 0 Å². The number of nitrogens with one attached hydrogen (secondary N) is 2. The van der Waals surface area contributed by atoms with Gasteiger partial charge in [0.2, 0.25) is 11.8 Å². The molecule has 556 valence electrons. The molecule has 2 amide bonds. The molecule has 18 unspecified atom stereocenters. The van der Waals surface area contributed by atoms with E-state index in [1.54, 1.807) is 6.08 Å².